The molecule has 6 aliphatic rings. The van der Waals surface area contributed by atoms with Crippen molar-refractivity contribution in [3.8, 4) is 17.2 Å². The summed E-state index contributed by atoms with van der Waals surface area (Å²) in [5.74, 6) is 1.61. The van der Waals surface area contributed by atoms with Crippen LogP contribution in [0.15, 0.2) is 78.5 Å². The van der Waals surface area contributed by atoms with Gasteiger partial charge in [-0.25, -0.2) is 0 Å². The number of nitrogens with one attached hydrogen (secondary N) is 3. The summed E-state index contributed by atoms with van der Waals surface area (Å²) in [6.07, 6.45) is 8.97. The van der Waals surface area contributed by atoms with Gasteiger partial charge in [0.2, 0.25) is 17.7 Å². The summed E-state index contributed by atoms with van der Waals surface area (Å²) in [6, 6.07) is 20.9. The van der Waals surface area contributed by atoms with Crippen molar-refractivity contribution < 1.29 is 29.0 Å². The van der Waals surface area contributed by atoms with E-state index in [1.165, 1.54) is 0 Å². The van der Waals surface area contributed by atoms with Gasteiger partial charge in [0, 0.05) is 69.3 Å². The number of ether oxygens (including phenoxy) is 2. The maximum Gasteiger partial charge on any atom is 0.249 e. The summed E-state index contributed by atoms with van der Waals surface area (Å²) in [6.45, 7) is 6.50. The molecule has 63 heavy (non-hydrogen) atoms. The van der Waals surface area contributed by atoms with Crippen LogP contribution in [0.1, 0.15) is 74.8 Å². The Morgan fingerprint density at radius 3 is 2.41 bits per heavy atom. The van der Waals surface area contributed by atoms with Gasteiger partial charge in [-0.1, -0.05) is 30.3 Å². The van der Waals surface area contributed by atoms with E-state index >= 15 is 0 Å². The number of hydrogen-bond donors (Lipinski definition) is 5. The van der Waals surface area contributed by atoms with Gasteiger partial charge in [-0.05, 0) is 99.5 Å². The molecule has 0 bridgehead atoms. The highest BCUT2D eigenvalue weighted by molar-refractivity contribution is 6.12. The molecule has 9 rings (SSSR count). The fourth-order valence-electron chi connectivity index (χ4n) is 10.6. The van der Waals surface area contributed by atoms with E-state index in [2.05, 4.69) is 49.2 Å². The Hall–Kier alpha value is -6.09. The van der Waals surface area contributed by atoms with Crippen molar-refractivity contribution in [1.82, 2.24) is 20.0 Å². The largest absolute Gasteiger partial charge is 0.507 e. The van der Waals surface area contributed by atoms with E-state index in [0.717, 1.165) is 93.0 Å². The van der Waals surface area contributed by atoms with Gasteiger partial charge < -0.3 is 45.3 Å². The normalized spacial score (nSPS) is 22.2. The number of allylic oxidation sites excluding steroid dienone is 1. The molecule has 5 fully saturated rings. The monoisotopic (exact) mass is 857 g/mol. The number of amidine groups is 1. The number of benzene rings is 3. The van der Waals surface area contributed by atoms with Gasteiger partial charge in [-0.2, -0.15) is 0 Å². The second-order valence-electron chi connectivity index (χ2n) is 18.0. The molecule has 1 aliphatic carbocycles. The first kappa shape index (κ1) is 42.2. The van der Waals surface area contributed by atoms with Gasteiger partial charge in [-0.3, -0.25) is 30.0 Å². The van der Waals surface area contributed by atoms with Crippen molar-refractivity contribution in [3.63, 3.8) is 0 Å². The minimum Gasteiger partial charge on any atom is -0.507 e. The first-order valence-corrected chi connectivity index (χ1v) is 22.6. The van der Waals surface area contributed by atoms with Crippen LogP contribution in [0.3, 0.4) is 0 Å². The van der Waals surface area contributed by atoms with E-state index in [1.54, 1.807) is 30.3 Å². The van der Waals surface area contributed by atoms with Gasteiger partial charge in [0.05, 0.1) is 35.7 Å². The van der Waals surface area contributed by atoms with E-state index in [1.807, 2.05) is 23.1 Å². The molecule has 5 aliphatic heterocycles. The number of carbonyl (C=O) groups excluding carboxylic acids is 3. The molecule has 3 amide bonds. The second kappa shape index (κ2) is 17.9. The highest BCUT2D eigenvalue weighted by atomic mass is 16.5. The third kappa shape index (κ3) is 8.80. The molecule has 6 N–H and O–H groups in total. The fraction of sp³-hybridized carbons (Fsp3) is 0.479. The zero-order valence-corrected chi connectivity index (χ0v) is 35.9. The molecule has 15 nitrogen and oxygen atoms in total. The first-order chi connectivity index (χ1) is 30.5. The summed E-state index contributed by atoms with van der Waals surface area (Å²) in [4.78, 5) is 49.1. The number of phenols is 1. The number of para-hydroxylation sites is 2. The Labute approximate surface area is 368 Å². The Kier molecular flexibility index (Phi) is 12.0. The number of nitrogens with two attached hydrogens (primary N) is 1. The molecule has 3 aromatic carbocycles. The standard InChI is InChI=1S/C48H59N9O6/c49-38(37-8-1-2-11-42(37)58)29-41(46(50)51)55-24-25-57(48(31-55)18-5-19-48)33-6-3-7-35(28-33)63-34-16-22-54(23-17-34)44(60)30-53-20-14-32(15-21-53)36-9-4-10-39-45(36)62-27-26-56(39)40-12-13-43(59)52-47(40)61/h1-4,6-11,28-29,32,34,40,49,58H,5,12-27,30-31H2,(H3,50,51)(H,52,59,61)/b41-29+,49-38?. The topological polar surface area (TPSA) is 192 Å². The van der Waals surface area contributed by atoms with Crippen molar-refractivity contribution in [2.75, 3.05) is 75.3 Å². The lowest BCUT2D eigenvalue weighted by atomic mass is 9.73. The minimum absolute atomic E-state index is 0.0159. The fourth-order valence-corrected chi connectivity index (χ4v) is 10.6. The van der Waals surface area contributed by atoms with Gasteiger partial charge >= 0.3 is 0 Å². The number of piperazine rings is 1. The number of amides is 3. The van der Waals surface area contributed by atoms with Crippen LogP contribution in [0.2, 0.25) is 0 Å². The molecule has 1 atom stereocenters. The van der Waals surface area contributed by atoms with Crippen LogP contribution in [0, 0.1) is 10.8 Å². The van der Waals surface area contributed by atoms with E-state index in [0.29, 0.717) is 75.9 Å². The number of piperidine rings is 3. The van der Waals surface area contributed by atoms with Gasteiger partial charge in [0.1, 0.15) is 41.8 Å². The van der Waals surface area contributed by atoms with Crippen molar-refractivity contribution >= 4 is 40.6 Å². The van der Waals surface area contributed by atoms with Crippen LogP contribution in [0.5, 0.6) is 17.2 Å². The summed E-state index contributed by atoms with van der Waals surface area (Å²) in [5, 5.41) is 29.9. The predicted octanol–water partition coefficient (Wildman–Crippen LogP) is 4.58. The molecule has 1 unspecified atom stereocenters. The zero-order valence-electron chi connectivity index (χ0n) is 35.9. The average Bonchev–Trinajstić information content (AvgIpc) is 3.28. The molecular formula is C48H59N9O6. The van der Waals surface area contributed by atoms with E-state index in [4.69, 9.17) is 26.0 Å². The van der Waals surface area contributed by atoms with Crippen LogP contribution >= 0.6 is 0 Å². The molecule has 0 radical (unpaired) electrons. The molecule has 4 saturated heterocycles. The highest BCUT2D eigenvalue weighted by Crippen LogP contribution is 2.45. The van der Waals surface area contributed by atoms with Crippen molar-refractivity contribution in [2.45, 2.75) is 81.4 Å². The number of imide groups is 1. The minimum atomic E-state index is -0.379. The molecule has 1 saturated carbocycles. The highest BCUT2D eigenvalue weighted by Gasteiger charge is 2.47. The molecular weight excluding hydrogens is 799 g/mol. The number of carbonyl (C=O) groups is 3. The maximum atomic E-state index is 13.6. The summed E-state index contributed by atoms with van der Waals surface area (Å²) in [7, 11) is 0. The third-order valence-corrected chi connectivity index (χ3v) is 14.1. The number of nitrogens with zero attached hydrogens (tertiary/aromatic N) is 5. The number of phenolic OH excluding ortho intramolecular Hbond substituents is 1. The van der Waals surface area contributed by atoms with Gasteiger partial charge in [0.25, 0.3) is 0 Å². The van der Waals surface area contributed by atoms with E-state index in [9.17, 15) is 19.5 Å². The summed E-state index contributed by atoms with van der Waals surface area (Å²) in [5.41, 5.74) is 10.2. The molecule has 1 spiro atoms. The number of aromatic hydroxyl groups is 1. The number of anilines is 2. The number of fused-ring (bicyclic) bond motifs is 1. The van der Waals surface area contributed by atoms with Crippen LogP contribution in [-0.2, 0) is 14.4 Å². The summed E-state index contributed by atoms with van der Waals surface area (Å²) >= 11 is 0. The quantitative estimate of drug-likeness (QED) is 0.103. The van der Waals surface area contributed by atoms with Crippen LogP contribution in [-0.4, -0.2) is 132 Å². The molecule has 3 aromatic rings. The first-order valence-electron chi connectivity index (χ1n) is 22.6. The Balaban J connectivity index is 0.757. The summed E-state index contributed by atoms with van der Waals surface area (Å²) < 4.78 is 12.8. The Morgan fingerprint density at radius 2 is 1.68 bits per heavy atom. The number of rotatable bonds is 11. The van der Waals surface area contributed by atoms with Crippen LogP contribution < -0.4 is 30.3 Å². The van der Waals surface area contributed by atoms with Gasteiger partial charge in [-0.15, -0.1) is 0 Å². The zero-order chi connectivity index (χ0) is 43.7. The lowest BCUT2D eigenvalue weighted by molar-refractivity contribution is -0.135. The van der Waals surface area contributed by atoms with Crippen molar-refractivity contribution in [3.05, 3.63) is 89.6 Å². The van der Waals surface area contributed by atoms with E-state index < -0.39 is 0 Å². The lowest BCUT2D eigenvalue weighted by Crippen LogP contribution is -2.66. The maximum absolute atomic E-state index is 13.6. The molecule has 15 heteroatoms. The molecule has 332 valence electrons. The molecule has 0 aromatic heterocycles. The Bertz CT molecular complexity index is 2280. The van der Waals surface area contributed by atoms with E-state index in [-0.39, 0.29) is 52.7 Å². The average molecular weight is 858 g/mol. The van der Waals surface area contributed by atoms with Crippen LogP contribution in [0.25, 0.3) is 0 Å². The van der Waals surface area contributed by atoms with Crippen LogP contribution in [0.4, 0.5) is 11.4 Å². The number of hydrogen-bond acceptors (Lipinski definition) is 12. The number of likely N-dealkylation sites (tertiary alicyclic amines) is 2. The Morgan fingerprint density at radius 1 is 0.905 bits per heavy atom. The predicted molar refractivity (Wildman–Crippen MR) is 241 cm³/mol. The molecule has 5 heterocycles. The van der Waals surface area contributed by atoms with Crippen molar-refractivity contribution in [2.24, 2.45) is 5.73 Å². The van der Waals surface area contributed by atoms with Gasteiger partial charge in [0.15, 0.2) is 0 Å². The third-order valence-electron chi connectivity index (χ3n) is 14.1. The van der Waals surface area contributed by atoms with Crippen molar-refractivity contribution in [1.29, 1.82) is 10.8 Å². The second-order valence-corrected chi connectivity index (χ2v) is 18.0. The smallest absolute Gasteiger partial charge is 0.249 e. The SMILES string of the molecule is N=C(N)/C(=C\C(=N)c1ccccc1O)N1CCN(c2cccc(OC3CCN(C(=O)CN4CCC(c5cccc6c5OCCN6C5CCC(=O)NC5=O)CC4)CC3)c2)C2(CCC2)C1. The lowest BCUT2D eigenvalue weighted by Gasteiger charge is -2.57.